The summed E-state index contributed by atoms with van der Waals surface area (Å²) in [7, 11) is 0. The quantitative estimate of drug-likeness (QED) is 0.303. The van der Waals surface area contributed by atoms with Crippen LogP contribution in [0.3, 0.4) is 0 Å². The van der Waals surface area contributed by atoms with Crippen LogP contribution < -0.4 is 10.6 Å². The summed E-state index contributed by atoms with van der Waals surface area (Å²) in [5, 5.41) is 17.1. The number of urea groups is 1. The molecule has 5 nitrogen and oxygen atoms in total. The van der Waals surface area contributed by atoms with Crippen LogP contribution in [0.4, 0.5) is 4.79 Å². The maximum atomic E-state index is 12.1. The van der Waals surface area contributed by atoms with Crippen LogP contribution >= 0.6 is 0 Å². The Morgan fingerprint density at radius 2 is 1.45 bits per heavy atom. The Kier molecular flexibility index (Phi) is 11.5. The van der Waals surface area contributed by atoms with Crippen molar-refractivity contribution in [1.29, 1.82) is 0 Å². The van der Waals surface area contributed by atoms with Gasteiger partial charge in [-0.1, -0.05) is 107 Å². The van der Waals surface area contributed by atoms with Gasteiger partial charge in [-0.25, -0.2) is 9.59 Å². The number of fused-ring (bicyclic) bond motifs is 1. The van der Waals surface area contributed by atoms with Crippen LogP contribution in [0.2, 0.25) is 0 Å². The zero-order valence-corrected chi connectivity index (χ0v) is 18.9. The number of nitrogens with one attached hydrogen (secondary N) is 2. The molecule has 3 N–H and O–H groups in total. The zero-order chi connectivity index (χ0) is 22.3. The average molecular weight is 427 g/mol. The van der Waals surface area contributed by atoms with E-state index in [1.807, 2.05) is 42.5 Å². The summed E-state index contributed by atoms with van der Waals surface area (Å²) in [5.74, 6) is -1.03. The molecule has 31 heavy (non-hydrogen) atoms. The van der Waals surface area contributed by atoms with E-state index in [1.165, 1.54) is 51.4 Å². The number of benzene rings is 2. The van der Waals surface area contributed by atoms with Gasteiger partial charge in [-0.3, -0.25) is 0 Å². The Morgan fingerprint density at radius 1 is 0.839 bits per heavy atom. The summed E-state index contributed by atoms with van der Waals surface area (Å²) < 4.78 is 0. The lowest BCUT2D eigenvalue weighted by atomic mass is 10.0. The molecule has 2 amide bonds. The Balaban J connectivity index is 1.63. The number of carbonyl (C=O) groups excluding carboxylic acids is 1. The minimum atomic E-state index is -1.03. The van der Waals surface area contributed by atoms with E-state index in [0.29, 0.717) is 6.54 Å². The van der Waals surface area contributed by atoms with Crippen molar-refractivity contribution < 1.29 is 14.7 Å². The Hall–Kier alpha value is -2.56. The summed E-state index contributed by atoms with van der Waals surface area (Å²) in [6.07, 6.45) is 12.7. The Morgan fingerprint density at radius 3 is 2.10 bits per heavy atom. The van der Waals surface area contributed by atoms with Crippen molar-refractivity contribution in [1.82, 2.24) is 10.6 Å². The molecule has 0 bridgehead atoms. The van der Waals surface area contributed by atoms with E-state index in [4.69, 9.17) is 0 Å². The largest absolute Gasteiger partial charge is 0.480 e. The summed E-state index contributed by atoms with van der Waals surface area (Å²) >= 11 is 0. The van der Waals surface area contributed by atoms with Gasteiger partial charge in [-0.15, -0.1) is 0 Å². The first-order valence-corrected chi connectivity index (χ1v) is 11.8. The standard InChI is InChI=1S/C26H38N2O3/c1-2-3-4-5-6-7-8-9-10-13-18-27-26(31)28-24(25(29)30)20-21-16-17-22-14-11-12-15-23(22)19-21/h11-12,14-17,19,24H,2-10,13,18,20H2,1H3,(H,29,30)(H2,27,28,31)/t24-/m0/s1. The van der Waals surface area contributed by atoms with Crippen molar-refractivity contribution in [3.05, 3.63) is 48.0 Å². The van der Waals surface area contributed by atoms with Gasteiger partial charge in [0.25, 0.3) is 0 Å². The molecule has 0 fully saturated rings. The van der Waals surface area contributed by atoms with Crippen LogP contribution in [0.25, 0.3) is 10.8 Å². The number of carboxylic acid groups (broad SMARTS) is 1. The zero-order valence-electron chi connectivity index (χ0n) is 18.9. The van der Waals surface area contributed by atoms with Gasteiger partial charge in [0.1, 0.15) is 6.04 Å². The third-order valence-electron chi connectivity index (χ3n) is 5.67. The van der Waals surface area contributed by atoms with E-state index in [2.05, 4.69) is 17.6 Å². The minimum absolute atomic E-state index is 0.256. The number of carboxylic acids is 1. The van der Waals surface area contributed by atoms with E-state index in [9.17, 15) is 14.7 Å². The SMILES string of the molecule is CCCCCCCCCCCCNC(=O)N[C@@H](Cc1ccc2ccccc2c1)C(=O)O. The predicted octanol–water partition coefficient (Wildman–Crippen LogP) is 6.06. The summed E-state index contributed by atoms with van der Waals surface area (Å²) in [6.45, 7) is 2.81. The molecule has 0 aliphatic heterocycles. The summed E-state index contributed by atoms with van der Waals surface area (Å²) in [6, 6.07) is 12.5. The molecule has 0 aliphatic rings. The lowest BCUT2D eigenvalue weighted by Crippen LogP contribution is -2.47. The molecule has 1 atom stereocenters. The molecule has 2 aromatic carbocycles. The van der Waals surface area contributed by atoms with Gasteiger partial charge in [0.2, 0.25) is 0 Å². The normalized spacial score (nSPS) is 11.9. The molecular weight excluding hydrogens is 388 g/mol. The molecule has 0 spiro atoms. The average Bonchev–Trinajstić information content (AvgIpc) is 2.77. The number of unbranched alkanes of at least 4 members (excludes halogenated alkanes) is 9. The number of amides is 2. The maximum absolute atomic E-state index is 12.1. The van der Waals surface area contributed by atoms with Gasteiger partial charge in [0, 0.05) is 13.0 Å². The number of carbonyl (C=O) groups is 2. The first kappa shape index (κ1) is 24.7. The van der Waals surface area contributed by atoms with E-state index in [-0.39, 0.29) is 6.42 Å². The molecule has 0 aliphatic carbocycles. The van der Waals surface area contributed by atoms with Crippen LogP contribution in [0, 0.1) is 0 Å². The van der Waals surface area contributed by atoms with Crippen molar-refractivity contribution in [3.8, 4) is 0 Å². The highest BCUT2D eigenvalue weighted by atomic mass is 16.4. The van der Waals surface area contributed by atoms with E-state index in [0.717, 1.165) is 29.2 Å². The van der Waals surface area contributed by atoms with Crippen LogP contribution in [-0.2, 0) is 11.2 Å². The minimum Gasteiger partial charge on any atom is -0.480 e. The van der Waals surface area contributed by atoms with Crippen molar-refractivity contribution in [3.63, 3.8) is 0 Å². The van der Waals surface area contributed by atoms with Crippen LogP contribution in [0.1, 0.15) is 76.7 Å². The fourth-order valence-electron chi connectivity index (χ4n) is 3.83. The van der Waals surface area contributed by atoms with E-state index < -0.39 is 18.0 Å². The monoisotopic (exact) mass is 426 g/mol. The van der Waals surface area contributed by atoms with Gasteiger partial charge in [-0.05, 0) is 22.8 Å². The van der Waals surface area contributed by atoms with Gasteiger partial charge in [0.15, 0.2) is 0 Å². The third kappa shape index (κ3) is 9.86. The van der Waals surface area contributed by atoms with E-state index >= 15 is 0 Å². The number of aliphatic carboxylic acids is 1. The van der Waals surface area contributed by atoms with Crippen LogP contribution in [0.15, 0.2) is 42.5 Å². The number of hydrogen-bond donors (Lipinski definition) is 3. The lowest BCUT2D eigenvalue weighted by Gasteiger charge is -2.16. The highest BCUT2D eigenvalue weighted by Crippen LogP contribution is 2.17. The summed E-state index contributed by atoms with van der Waals surface area (Å²) in [4.78, 5) is 23.8. The topological polar surface area (TPSA) is 78.4 Å². The molecule has 5 heteroatoms. The third-order valence-corrected chi connectivity index (χ3v) is 5.67. The van der Waals surface area contributed by atoms with Crippen LogP contribution in [0.5, 0.6) is 0 Å². The molecule has 0 radical (unpaired) electrons. The Labute approximate surface area is 186 Å². The summed E-state index contributed by atoms with van der Waals surface area (Å²) in [5.41, 5.74) is 0.890. The Bertz CT molecular complexity index is 806. The lowest BCUT2D eigenvalue weighted by molar-refractivity contribution is -0.139. The second-order valence-electron chi connectivity index (χ2n) is 8.36. The van der Waals surface area contributed by atoms with Crippen LogP contribution in [-0.4, -0.2) is 29.7 Å². The van der Waals surface area contributed by atoms with E-state index in [1.54, 1.807) is 0 Å². The molecule has 170 valence electrons. The van der Waals surface area contributed by atoms with Gasteiger partial charge in [-0.2, -0.15) is 0 Å². The molecule has 0 heterocycles. The predicted molar refractivity (Wildman–Crippen MR) is 127 cm³/mol. The first-order valence-electron chi connectivity index (χ1n) is 11.8. The number of rotatable bonds is 15. The highest BCUT2D eigenvalue weighted by Gasteiger charge is 2.20. The smallest absolute Gasteiger partial charge is 0.326 e. The van der Waals surface area contributed by atoms with Gasteiger partial charge >= 0.3 is 12.0 Å². The van der Waals surface area contributed by atoms with Gasteiger partial charge < -0.3 is 15.7 Å². The fraction of sp³-hybridized carbons (Fsp3) is 0.538. The maximum Gasteiger partial charge on any atom is 0.326 e. The number of hydrogen-bond acceptors (Lipinski definition) is 2. The molecule has 0 saturated heterocycles. The van der Waals surface area contributed by atoms with Crippen molar-refractivity contribution in [2.24, 2.45) is 0 Å². The molecule has 0 saturated carbocycles. The van der Waals surface area contributed by atoms with Gasteiger partial charge in [0.05, 0.1) is 0 Å². The first-order chi connectivity index (χ1) is 15.1. The molecule has 0 aromatic heterocycles. The van der Waals surface area contributed by atoms with Crippen molar-refractivity contribution in [2.75, 3.05) is 6.54 Å². The fourth-order valence-corrected chi connectivity index (χ4v) is 3.83. The highest BCUT2D eigenvalue weighted by molar-refractivity contribution is 5.84. The second kappa shape index (κ2) is 14.4. The molecule has 2 aromatic rings. The van der Waals surface area contributed by atoms with Crippen molar-refractivity contribution >= 4 is 22.8 Å². The molecule has 0 unspecified atom stereocenters. The second-order valence-corrected chi connectivity index (χ2v) is 8.36. The molecular formula is C26H38N2O3. The molecule has 2 rings (SSSR count). The van der Waals surface area contributed by atoms with Crippen molar-refractivity contribution in [2.45, 2.75) is 83.6 Å².